The van der Waals surface area contributed by atoms with E-state index in [9.17, 15) is 0 Å². The van der Waals surface area contributed by atoms with Gasteiger partial charge >= 0.3 is 0 Å². The molecule has 0 aromatic carbocycles. The lowest BCUT2D eigenvalue weighted by molar-refractivity contribution is 0.158. The first-order valence-corrected chi connectivity index (χ1v) is 7.54. The largest absolute Gasteiger partial charge is 0.383 e. The minimum absolute atomic E-state index is 0.737. The number of piperidine rings is 1. The minimum atomic E-state index is 0.737. The van der Waals surface area contributed by atoms with Crippen LogP contribution in [0.3, 0.4) is 0 Å². The molecule has 0 amide bonds. The van der Waals surface area contributed by atoms with Gasteiger partial charge in [-0.1, -0.05) is 5.16 Å². The van der Waals surface area contributed by atoms with Gasteiger partial charge in [0.2, 0.25) is 0 Å². The zero-order chi connectivity index (χ0) is 14.4. The second-order valence-electron chi connectivity index (χ2n) is 5.74. The Morgan fingerprint density at radius 2 is 2.30 bits per heavy atom. The summed E-state index contributed by atoms with van der Waals surface area (Å²) in [5.41, 5.74) is 2.29. The van der Waals surface area contributed by atoms with E-state index in [1.54, 1.807) is 7.11 Å². The SMILES string of the molecule is COCCNCC1CCCN(Cc2c(C)noc2C)C1. The second kappa shape index (κ2) is 7.76. The lowest BCUT2D eigenvalue weighted by Crippen LogP contribution is -2.39. The monoisotopic (exact) mass is 281 g/mol. The van der Waals surface area contributed by atoms with Crippen LogP contribution in [0.1, 0.15) is 29.9 Å². The molecule has 5 heteroatoms. The average molecular weight is 281 g/mol. The van der Waals surface area contributed by atoms with E-state index < -0.39 is 0 Å². The van der Waals surface area contributed by atoms with Crippen molar-refractivity contribution in [2.75, 3.05) is 39.9 Å². The zero-order valence-corrected chi connectivity index (χ0v) is 12.9. The van der Waals surface area contributed by atoms with Crippen LogP contribution < -0.4 is 5.32 Å². The Kier molecular flexibility index (Phi) is 6.01. The van der Waals surface area contributed by atoms with Crippen LogP contribution in [-0.2, 0) is 11.3 Å². The third-order valence-corrected chi connectivity index (χ3v) is 4.08. The molecular formula is C15H27N3O2. The molecule has 0 bridgehead atoms. The van der Waals surface area contributed by atoms with Gasteiger partial charge in [0.05, 0.1) is 12.3 Å². The van der Waals surface area contributed by atoms with Crippen LogP contribution in [0.15, 0.2) is 4.52 Å². The number of methoxy groups -OCH3 is 1. The molecule has 2 heterocycles. The molecule has 1 aromatic heterocycles. The van der Waals surface area contributed by atoms with Gasteiger partial charge < -0.3 is 14.6 Å². The fraction of sp³-hybridized carbons (Fsp3) is 0.800. The van der Waals surface area contributed by atoms with E-state index in [-0.39, 0.29) is 0 Å². The fourth-order valence-electron chi connectivity index (χ4n) is 2.89. The number of nitrogens with one attached hydrogen (secondary N) is 1. The van der Waals surface area contributed by atoms with Crippen molar-refractivity contribution in [2.24, 2.45) is 5.92 Å². The number of likely N-dealkylation sites (tertiary alicyclic amines) is 1. The summed E-state index contributed by atoms with van der Waals surface area (Å²) in [4.78, 5) is 2.53. The van der Waals surface area contributed by atoms with Crippen molar-refractivity contribution in [3.05, 3.63) is 17.0 Å². The number of nitrogens with zero attached hydrogens (tertiary/aromatic N) is 2. The molecule has 1 fully saturated rings. The van der Waals surface area contributed by atoms with Gasteiger partial charge in [-0.05, 0) is 45.7 Å². The molecule has 5 nitrogen and oxygen atoms in total. The standard InChI is InChI=1S/C15H27N3O2/c1-12-15(13(2)20-17-12)11-18-7-4-5-14(10-18)9-16-6-8-19-3/h14,16H,4-11H2,1-3H3. The summed E-state index contributed by atoms with van der Waals surface area (Å²) in [6.07, 6.45) is 2.60. The molecule has 2 rings (SSSR count). The Morgan fingerprint density at radius 1 is 1.45 bits per heavy atom. The molecule has 1 aliphatic heterocycles. The fourth-order valence-corrected chi connectivity index (χ4v) is 2.89. The highest BCUT2D eigenvalue weighted by Crippen LogP contribution is 2.21. The van der Waals surface area contributed by atoms with Crippen LogP contribution >= 0.6 is 0 Å². The minimum Gasteiger partial charge on any atom is -0.383 e. The van der Waals surface area contributed by atoms with E-state index in [4.69, 9.17) is 9.26 Å². The van der Waals surface area contributed by atoms with E-state index >= 15 is 0 Å². The van der Waals surface area contributed by atoms with Crippen molar-refractivity contribution in [2.45, 2.75) is 33.2 Å². The molecule has 1 saturated heterocycles. The molecule has 1 N–H and O–H groups in total. The number of ether oxygens (including phenoxy) is 1. The van der Waals surface area contributed by atoms with Gasteiger partial charge in [-0.2, -0.15) is 0 Å². The van der Waals surface area contributed by atoms with Crippen molar-refractivity contribution < 1.29 is 9.26 Å². The van der Waals surface area contributed by atoms with Gasteiger partial charge in [0.1, 0.15) is 5.76 Å². The number of aryl methyl sites for hydroxylation is 2. The van der Waals surface area contributed by atoms with Gasteiger partial charge in [-0.3, -0.25) is 4.90 Å². The Hall–Kier alpha value is -0.910. The molecule has 1 unspecified atom stereocenters. The van der Waals surface area contributed by atoms with Gasteiger partial charge in [0, 0.05) is 32.3 Å². The Labute approximate surface area is 121 Å². The normalized spacial score (nSPS) is 20.4. The molecule has 20 heavy (non-hydrogen) atoms. The van der Waals surface area contributed by atoms with Crippen LogP contribution in [0.25, 0.3) is 0 Å². The van der Waals surface area contributed by atoms with Gasteiger partial charge in [0.15, 0.2) is 0 Å². The van der Waals surface area contributed by atoms with E-state index in [0.29, 0.717) is 0 Å². The molecule has 0 radical (unpaired) electrons. The van der Waals surface area contributed by atoms with E-state index in [0.717, 1.165) is 50.2 Å². The van der Waals surface area contributed by atoms with Crippen molar-refractivity contribution in [3.63, 3.8) is 0 Å². The third kappa shape index (κ3) is 4.30. The highest BCUT2D eigenvalue weighted by molar-refractivity contribution is 5.20. The van der Waals surface area contributed by atoms with Gasteiger partial charge in [-0.15, -0.1) is 0 Å². The summed E-state index contributed by atoms with van der Waals surface area (Å²) in [5, 5.41) is 7.52. The number of hydrogen-bond acceptors (Lipinski definition) is 5. The number of hydrogen-bond donors (Lipinski definition) is 1. The molecular weight excluding hydrogens is 254 g/mol. The van der Waals surface area contributed by atoms with Crippen LogP contribution in [0.2, 0.25) is 0 Å². The maximum atomic E-state index is 5.25. The average Bonchev–Trinajstić information content (AvgIpc) is 2.76. The summed E-state index contributed by atoms with van der Waals surface area (Å²) in [6.45, 7) is 10.1. The van der Waals surface area contributed by atoms with E-state index in [1.165, 1.54) is 24.9 Å². The van der Waals surface area contributed by atoms with E-state index in [2.05, 4.69) is 15.4 Å². The van der Waals surface area contributed by atoms with Crippen LogP contribution in [0.5, 0.6) is 0 Å². The van der Waals surface area contributed by atoms with Crippen LogP contribution in [-0.4, -0.2) is 50.0 Å². The third-order valence-electron chi connectivity index (χ3n) is 4.08. The maximum Gasteiger partial charge on any atom is 0.138 e. The predicted molar refractivity (Wildman–Crippen MR) is 78.7 cm³/mol. The summed E-state index contributed by atoms with van der Waals surface area (Å²) in [7, 11) is 1.74. The van der Waals surface area contributed by atoms with Crippen molar-refractivity contribution in [3.8, 4) is 0 Å². The maximum absolute atomic E-state index is 5.25. The van der Waals surface area contributed by atoms with E-state index in [1.807, 2.05) is 13.8 Å². The lowest BCUT2D eigenvalue weighted by Gasteiger charge is -2.32. The van der Waals surface area contributed by atoms with Crippen molar-refractivity contribution in [1.82, 2.24) is 15.4 Å². The quantitative estimate of drug-likeness (QED) is 0.772. The topological polar surface area (TPSA) is 50.5 Å². The number of rotatable bonds is 7. The number of aromatic nitrogens is 1. The van der Waals surface area contributed by atoms with Crippen molar-refractivity contribution in [1.29, 1.82) is 0 Å². The zero-order valence-electron chi connectivity index (χ0n) is 12.9. The summed E-state index contributed by atoms with van der Waals surface area (Å²) in [5.74, 6) is 1.70. The smallest absolute Gasteiger partial charge is 0.138 e. The lowest BCUT2D eigenvalue weighted by atomic mass is 9.97. The first-order valence-electron chi connectivity index (χ1n) is 7.54. The van der Waals surface area contributed by atoms with Crippen molar-refractivity contribution >= 4 is 0 Å². The van der Waals surface area contributed by atoms with Gasteiger partial charge in [0.25, 0.3) is 0 Å². The van der Waals surface area contributed by atoms with Crippen LogP contribution in [0.4, 0.5) is 0 Å². The van der Waals surface area contributed by atoms with Gasteiger partial charge in [-0.25, -0.2) is 0 Å². The summed E-state index contributed by atoms with van der Waals surface area (Å²) in [6, 6.07) is 0. The summed E-state index contributed by atoms with van der Waals surface area (Å²) < 4.78 is 10.3. The molecule has 0 aliphatic carbocycles. The highest BCUT2D eigenvalue weighted by Gasteiger charge is 2.21. The second-order valence-corrected chi connectivity index (χ2v) is 5.74. The molecule has 1 atom stereocenters. The summed E-state index contributed by atoms with van der Waals surface area (Å²) >= 11 is 0. The molecule has 1 aliphatic rings. The molecule has 0 saturated carbocycles. The Morgan fingerprint density at radius 3 is 3.00 bits per heavy atom. The molecule has 0 spiro atoms. The Bertz CT molecular complexity index is 386. The Balaban J connectivity index is 1.78. The first-order chi connectivity index (χ1) is 9.70. The highest BCUT2D eigenvalue weighted by atomic mass is 16.5. The first kappa shape index (κ1) is 15.5. The molecule has 1 aromatic rings. The predicted octanol–water partition coefficient (Wildman–Crippen LogP) is 1.74. The molecule has 114 valence electrons. The van der Waals surface area contributed by atoms with Crippen LogP contribution in [0, 0.1) is 19.8 Å².